The Morgan fingerprint density at radius 1 is 1.18 bits per heavy atom. The molecule has 0 radical (unpaired) electrons. The highest BCUT2D eigenvalue weighted by Gasteiger charge is 2.23. The summed E-state index contributed by atoms with van der Waals surface area (Å²) in [5.41, 5.74) is 9.54. The van der Waals surface area contributed by atoms with E-state index < -0.39 is 12.0 Å². The first-order valence-corrected chi connectivity index (χ1v) is 11.4. The molecule has 3 N–H and O–H groups in total. The van der Waals surface area contributed by atoms with Crippen LogP contribution in [0.15, 0.2) is 55.1 Å². The van der Waals surface area contributed by atoms with Gasteiger partial charge in [0, 0.05) is 40.7 Å². The second-order valence-electron chi connectivity index (χ2n) is 7.95. The van der Waals surface area contributed by atoms with Crippen LogP contribution >= 0.6 is 23.2 Å². The van der Waals surface area contributed by atoms with E-state index in [-0.39, 0.29) is 5.69 Å². The van der Waals surface area contributed by atoms with Crippen molar-refractivity contribution in [2.24, 2.45) is 5.73 Å². The van der Waals surface area contributed by atoms with Crippen molar-refractivity contribution in [2.45, 2.75) is 26.0 Å². The number of hydrogen-bond acceptors (Lipinski definition) is 5. The molecular formula is C24H20Cl2N6O2. The average Bonchev–Trinajstić information content (AvgIpc) is 3.43. The summed E-state index contributed by atoms with van der Waals surface area (Å²) in [5, 5.41) is 15.7. The minimum atomic E-state index is -0.655. The van der Waals surface area contributed by atoms with E-state index in [1.807, 2.05) is 19.2 Å². The van der Waals surface area contributed by atoms with E-state index in [4.69, 9.17) is 33.9 Å². The molecule has 0 aliphatic carbocycles. The molecule has 4 heterocycles. The number of fused-ring (bicyclic) bond motifs is 3. The molecule has 5 aromatic rings. The Balaban J connectivity index is 1.71. The molecule has 0 bridgehead atoms. The molecule has 0 aliphatic heterocycles. The molecule has 1 atom stereocenters. The van der Waals surface area contributed by atoms with Crippen LogP contribution in [0.2, 0.25) is 10.0 Å². The third kappa shape index (κ3) is 3.79. The van der Waals surface area contributed by atoms with E-state index >= 15 is 0 Å². The van der Waals surface area contributed by atoms with Gasteiger partial charge in [-0.05, 0) is 30.7 Å². The van der Waals surface area contributed by atoms with E-state index in [0.717, 1.165) is 16.5 Å². The van der Waals surface area contributed by atoms with Crippen LogP contribution in [-0.2, 0) is 6.54 Å². The molecule has 1 aromatic carbocycles. The van der Waals surface area contributed by atoms with Gasteiger partial charge < -0.3 is 10.8 Å². The van der Waals surface area contributed by atoms with Crippen molar-refractivity contribution in [3.05, 3.63) is 70.9 Å². The summed E-state index contributed by atoms with van der Waals surface area (Å²) >= 11 is 12.8. The smallest absolute Gasteiger partial charge is 0.268 e. The average molecular weight is 495 g/mol. The number of rotatable bonds is 6. The van der Waals surface area contributed by atoms with Crippen LogP contribution in [0.5, 0.6) is 0 Å². The van der Waals surface area contributed by atoms with Gasteiger partial charge in [-0.15, -0.1) is 0 Å². The maximum absolute atomic E-state index is 12.5. The Hall–Kier alpha value is -3.46. The highest BCUT2D eigenvalue weighted by Crippen LogP contribution is 2.37. The second-order valence-corrected chi connectivity index (χ2v) is 8.76. The lowest BCUT2D eigenvalue weighted by atomic mass is 10.1. The number of amides is 1. The summed E-state index contributed by atoms with van der Waals surface area (Å²) in [4.78, 5) is 21.8. The molecule has 1 unspecified atom stereocenters. The molecule has 0 saturated carbocycles. The first-order chi connectivity index (χ1) is 16.4. The SMILES string of the molecule is CCC(O)Cn1cc(-c2cnc3ccn4c(C(N)=O)c(-c5c(Cl)cccc5Cl)nc4c3c2)cn1. The van der Waals surface area contributed by atoms with Crippen molar-refractivity contribution in [1.82, 2.24) is 24.1 Å². The lowest BCUT2D eigenvalue weighted by Crippen LogP contribution is -2.15. The molecule has 34 heavy (non-hydrogen) atoms. The molecule has 4 aromatic heterocycles. The van der Waals surface area contributed by atoms with Gasteiger partial charge in [0.15, 0.2) is 0 Å². The monoisotopic (exact) mass is 494 g/mol. The number of pyridine rings is 2. The Bertz CT molecular complexity index is 1540. The molecule has 0 aliphatic rings. The van der Waals surface area contributed by atoms with Crippen molar-refractivity contribution in [2.75, 3.05) is 0 Å². The zero-order valence-electron chi connectivity index (χ0n) is 18.1. The quantitative estimate of drug-likeness (QED) is 0.358. The van der Waals surface area contributed by atoms with E-state index in [1.54, 1.807) is 51.9 Å². The van der Waals surface area contributed by atoms with Crippen molar-refractivity contribution in [3.8, 4) is 22.4 Å². The van der Waals surface area contributed by atoms with E-state index in [1.165, 1.54) is 0 Å². The predicted octanol–water partition coefficient (Wildman–Crippen LogP) is 4.59. The van der Waals surface area contributed by atoms with Crippen LogP contribution in [0.4, 0.5) is 0 Å². The highest BCUT2D eigenvalue weighted by atomic mass is 35.5. The lowest BCUT2D eigenvalue weighted by Gasteiger charge is -2.07. The third-order valence-electron chi connectivity index (χ3n) is 5.72. The number of benzene rings is 1. The number of aliphatic hydroxyl groups excluding tert-OH is 1. The Labute approximate surface area is 204 Å². The van der Waals surface area contributed by atoms with Gasteiger partial charge in [-0.2, -0.15) is 5.10 Å². The van der Waals surface area contributed by atoms with Crippen LogP contribution in [0.1, 0.15) is 23.8 Å². The van der Waals surface area contributed by atoms with Gasteiger partial charge in [0.2, 0.25) is 0 Å². The molecule has 1 amide bonds. The number of carbonyl (C=O) groups is 1. The fourth-order valence-corrected chi connectivity index (χ4v) is 4.53. The van der Waals surface area contributed by atoms with Crippen LogP contribution in [-0.4, -0.2) is 41.3 Å². The number of aromatic nitrogens is 5. The fourth-order valence-electron chi connectivity index (χ4n) is 3.95. The van der Waals surface area contributed by atoms with Crippen molar-refractivity contribution < 1.29 is 9.90 Å². The predicted molar refractivity (Wildman–Crippen MR) is 132 cm³/mol. The maximum Gasteiger partial charge on any atom is 0.268 e. The van der Waals surface area contributed by atoms with Gasteiger partial charge in [0.1, 0.15) is 17.0 Å². The van der Waals surface area contributed by atoms with Crippen LogP contribution in [0.25, 0.3) is 38.9 Å². The molecule has 172 valence electrons. The maximum atomic E-state index is 12.5. The largest absolute Gasteiger partial charge is 0.391 e. The van der Waals surface area contributed by atoms with Gasteiger partial charge in [-0.3, -0.25) is 18.9 Å². The number of primary amides is 1. The summed E-state index contributed by atoms with van der Waals surface area (Å²) in [6.07, 6.45) is 7.22. The van der Waals surface area contributed by atoms with Crippen LogP contribution in [0, 0.1) is 0 Å². The minimum Gasteiger partial charge on any atom is -0.391 e. The van der Waals surface area contributed by atoms with Crippen molar-refractivity contribution in [1.29, 1.82) is 0 Å². The Kier molecular flexibility index (Phi) is 5.73. The number of nitrogens with two attached hydrogens (primary N) is 1. The first-order valence-electron chi connectivity index (χ1n) is 10.6. The van der Waals surface area contributed by atoms with Crippen molar-refractivity contribution >= 4 is 45.7 Å². The first kappa shape index (κ1) is 22.3. The minimum absolute atomic E-state index is 0.179. The molecule has 0 fully saturated rings. The van der Waals surface area contributed by atoms with E-state index in [2.05, 4.69) is 10.1 Å². The van der Waals surface area contributed by atoms with E-state index in [9.17, 15) is 9.90 Å². The number of aliphatic hydroxyl groups is 1. The number of imidazole rings is 1. The third-order valence-corrected chi connectivity index (χ3v) is 6.35. The summed E-state index contributed by atoms with van der Waals surface area (Å²) in [6, 6.07) is 8.81. The zero-order valence-corrected chi connectivity index (χ0v) is 19.6. The summed E-state index contributed by atoms with van der Waals surface area (Å²) in [7, 11) is 0. The Morgan fingerprint density at radius 3 is 2.65 bits per heavy atom. The van der Waals surface area contributed by atoms with Gasteiger partial charge in [0.05, 0.1) is 34.4 Å². The zero-order chi connectivity index (χ0) is 24.0. The molecule has 8 nitrogen and oxygen atoms in total. The second kappa shape index (κ2) is 8.72. The molecule has 5 rings (SSSR count). The normalized spacial score (nSPS) is 12.5. The number of nitrogens with zero attached hydrogens (tertiary/aromatic N) is 5. The van der Waals surface area contributed by atoms with Crippen LogP contribution < -0.4 is 5.73 Å². The summed E-state index contributed by atoms with van der Waals surface area (Å²) < 4.78 is 3.33. The standard InChI is InChI=1S/C24H20Cl2N6O2/c1-2-15(33)12-31-11-14(10-29-31)13-8-16-19(28-9-13)6-7-32-22(23(27)34)21(30-24(16)32)20-17(25)4-3-5-18(20)26/h3-11,15,33H,2,12H2,1H3,(H2,27,34). The van der Waals surface area contributed by atoms with Gasteiger partial charge in [-0.25, -0.2) is 4.98 Å². The van der Waals surface area contributed by atoms with Crippen molar-refractivity contribution in [3.63, 3.8) is 0 Å². The molecular weight excluding hydrogens is 475 g/mol. The lowest BCUT2D eigenvalue weighted by molar-refractivity contribution is 0.0995. The Morgan fingerprint density at radius 2 is 1.94 bits per heavy atom. The van der Waals surface area contributed by atoms with Gasteiger partial charge >= 0.3 is 0 Å². The molecule has 0 spiro atoms. The van der Waals surface area contributed by atoms with Gasteiger partial charge in [-0.1, -0.05) is 36.2 Å². The number of hydrogen-bond donors (Lipinski definition) is 2. The fraction of sp³-hybridized carbons (Fsp3) is 0.167. The van der Waals surface area contributed by atoms with Gasteiger partial charge in [0.25, 0.3) is 5.91 Å². The molecule has 0 saturated heterocycles. The molecule has 10 heteroatoms. The van der Waals surface area contributed by atoms with Crippen LogP contribution in [0.3, 0.4) is 0 Å². The highest BCUT2D eigenvalue weighted by molar-refractivity contribution is 6.39. The van der Waals surface area contributed by atoms with E-state index in [0.29, 0.717) is 45.4 Å². The summed E-state index contributed by atoms with van der Waals surface area (Å²) in [5.74, 6) is -0.655. The topological polar surface area (TPSA) is 111 Å². The number of halogens is 2. The number of carbonyl (C=O) groups excluding carboxylic acids is 1. The summed E-state index contributed by atoms with van der Waals surface area (Å²) in [6.45, 7) is 2.33.